The predicted octanol–water partition coefficient (Wildman–Crippen LogP) is 0.120. The molecular formula is C9H15F3N2O2. The number of alkyl halides is 3. The maximum atomic E-state index is 12.5. The van der Waals surface area contributed by atoms with Crippen molar-refractivity contribution in [1.82, 2.24) is 10.2 Å². The van der Waals surface area contributed by atoms with Crippen molar-refractivity contribution in [3.05, 3.63) is 0 Å². The third-order valence-corrected chi connectivity index (χ3v) is 2.74. The monoisotopic (exact) mass is 240 g/mol. The topological polar surface area (TPSA) is 52.6 Å². The second-order valence-corrected chi connectivity index (χ2v) is 3.96. The van der Waals surface area contributed by atoms with Crippen LogP contribution >= 0.6 is 0 Å². The molecule has 0 aromatic heterocycles. The van der Waals surface area contributed by atoms with Crippen LogP contribution in [0.4, 0.5) is 13.2 Å². The van der Waals surface area contributed by atoms with Gasteiger partial charge in [0.25, 0.3) is 0 Å². The van der Waals surface area contributed by atoms with Crippen molar-refractivity contribution in [3.8, 4) is 0 Å². The van der Waals surface area contributed by atoms with Gasteiger partial charge in [0.05, 0.1) is 6.61 Å². The third kappa shape index (κ3) is 3.34. The van der Waals surface area contributed by atoms with Crippen molar-refractivity contribution < 1.29 is 23.1 Å². The van der Waals surface area contributed by atoms with Crippen LogP contribution in [0, 0.1) is 0 Å². The number of nitrogens with one attached hydrogen (secondary N) is 1. The zero-order chi connectivity index (χ0) is 12.3. The molecule has 0 aromatic carbocycles. The molecule has 1 aliphatic rings. The highest BCUT2D eigenvalue weighted by atomic mass is 19.4. The fourth-order valence-corrected chi connectivity index (χ4v) is 1.77. The van der Waals surface area contributed by atoms with Crippen LogP contribution in [-0.2, 0) is 4.79 Å². The molecule has 0 radical (unpaired) electrons. The molecule has 1 rings (SSSR count). The maximum Gasteiger partial charge on any atom is 0.408 e. The minimum absolute atomic E-state index is 0.0447. The third-order valence-electron chi connectivity index (χ3n) is 2.74. The summed E-state index contributed by atoms with van der Waals surface area (Å²) in [6, 6.07) is -2.24. The first-order chi connectivity index (χ1) is 7.34. The largest absolute Gasteiger partial charge is 0.408 e. The van der Waals surface area contributed by atoms with Crippen molar-refractivity contribution in [1.29, 1.82) is 0 Å². The van der Waals surface area contributed by atoms with Crippen LogP contribution in [0.5, 0.6) is 0 Å². The summed E-state index contributed by atoms with van der Waals surface area (Å²) < 4.78 is 37.4. The Hall–Kier alpha value is -0.820. The molecule has 94 valence electrons. The molecule has 2 atom stereocenters. The number of halogens is 3. The number of carbonyl (C=O) groups is 1. The van der Waals surface area contributed by atoms with Gasteiger partial charge in [0.2, 0.25) is 5.91 Å². The molecule has 4 nitrogen and oxygen atoms in total. The average molecular weight is 240 g/mol. The van der Waals surface area contributed by atoms with Gasteiger partial charge in [-0.05, 0) is 13.5 Å². The molecule has 2 unspecified atom stereocenters. The molecule has 2 N–H and O–H groups in total. The summed E-state index contributed by atoms with van der Waals surface area (Å²) >= 11 is 0. The van der Waals surface area contributed by atoms with Crippen molar-refractivity contribution in [2.24, 2.45) is 0 Å². The minimum atomic E-state index is -4.41. The Morgan fingerprint density at radius 2 is 2.19 bits per heavy atom. The summed E-state index contributed by atoms with van der Waals surface area (Å²) in [6.07, 6.45) is -4.52. The Morgan fingerprint density at radius 1 is 1.56 bits per heavy atom. The van der Waals surface area contributed by atoms with Gasteiger partial charge >= 0.3 is 6.18 Å². The number of amides is 1. The number of likely N-dealkylation sites (N-methyl/N-ethyl adjacent to an activating group) is 1. The Kier molecular flexibility index (Phi) is 4.15. The molecule has 1 amide bonds. The second-order valence-electron chi connectivity index (χ2n) is 3.96. The van der Waals surface area contributed by atoms with E-state index < -0.39 is 24.2 Å². The second kappa shape index (κ2) is 5.01. The van der Waals surface area contributed by atoms with Crippen LogP contribution in [0.3, 0.4) is 0 Å². The SMILES string of the molecule is CN(CCO)C1CC(=O)NC(C(F)(F)F)C1. The highest BCUT2D eigenvalue weighted by molar-refractivity contribution is 5.78. The lowest BCUT2D eigenvalue weighted by atomic mass is 9.97. The highest BCUT2D eigenvalue weighted by Crippen LogP contribution is 2.28. The molecule has 16 heavy (non-hydrogen) atoms. The molecule has 1 heterocycles. The molecule has 0 saturated carbocycles. The van der Waals surface area contributed by atoms with E-state index in [9.17, 15) is 18.0 Å². The van der Waals surface area contributed by atoms with Crippen molar-refractivity contribution in [2.75, 3.05) is 20.2 Å². The zero-order valence-electron chi connectivity index (χ0n) is 8.92. The van der Waals surface area contributed by atoms with Crippen LogP contribution in [-0.4, -0.2) is 54.4 Å². The Morgan fingerprint density at radius 3 is 2.69 bits per heavy atom. The summed E-state index contributed by atoms with van der Waals surface area (Å²) in [6.45, 7) is 0.133. The summed E-state index contributed by atoms with van der Waals surface area (Å²) in [7, 11) is 1.60. The minimum Gasteiger partial charge on any atom is -0.395 e. The molecule has 0 spiro atoms. The van der Waals surface area contributed by atoms with Gasteiger partial charge in [-0.15, -0.1) is 0 Å². The lowest BCUT2D eigenvalue weighted by Gasteiger charge is -2.35. The highest BCUT2D eigenvalue weighted by Gasteiger charge is 2.45. The summed E-state index contributed by atoms with van der Waals surface area (Å²) in [5, 5.41) is 10.6. The van der Waals surface area contributed by atoms with Crippen molar-refractivity contribution in [3.63, 3.8) is 0 Å². The number of carbonyl (C=O) groups excluding carboxylic acids is 1. The first-order valence-electron chi connectivity index (χ1n) is 5.01. The van der Waals surface area contributed by atoms with Gasteiger partial charge in [-0.3, -0.25) is 4.79 Å². The van der Waals surface area contributed by atoms with Crippen molar-refractivity contribution >= 4 is 5.91 Å². The number of aliphatic hydroxyl groups is 1. The quantitative estimate of drug-likeness (QED) is 0.736. The lowest BCUT2D eigenvalue weighted by Crippen LogP contribution is -2.55. The van der Waals surface area contributed by atoms with Crippen LogP contribution in [0.1, 0.15) is 12.8 Å². The molecule has 1 fully saturated rings. The lowest BCUT2D eigenvalue weighted by molar-refractivity contribution is -0.171. The van der Waals surface area contributed by atoms with Crippen LogP contribution in [0.2, 0.25) is 0 Å². The standard InChI is InChI=1S/C9H15F3N2O2/c1-14(2-3-15)6-4-7(9(10,11)12)13-8(16)5-6/h6-7,15H,2-5H2,1H3,(H,13,16). The van der Waals surface area contributed by atoms with Gasteiger partial charge in [-0.1, -0.05) is 0 Å². The average Bonchev–Trinajstić information content (AvgIpc) is 2.16. The van der Waals surface area contributed by atoms with Gasteiger partial charge in [0.15, 0.2) is 0 Å². The zero-order valence-corrected chi connectivity index (χ0v) is 8.92. The van der Waals surface area contributed by atoms with E-state index in [0.29, 0.717) is 0 Å². The molecule has 0 aromatic rings. The van der Waals surface area contributed by atoms with E-state index in [0.717, 1.165) is 0 Å². The Bertz CT molecular complexity index is 258. The smallest absolute Gasteiger partial charge is 0.395 e. The number of piperidine rings is 1. The first kappa shape index (κ1) is 13.2. The van der Waals surface area contributed by atoms with E-state index in [1.165, 1.54) is 0 Å². The van der Waals surface area contributed by atoms with E-state index in [-0.39, 0.29) is 26.0 Å². The number of hydrogen-bond acceptors (Lipinski definition) is 3. The van der Waals surface area contributed by atoms with Gasteiger partial charge < -0.3 is 15.3 Å². The van der Waals surface area contributed by atoms with E-state index in [1.54, 1.807) is 11.9 Å². The Balaban J connectivity index is 2.64. The fraction of sp³-hybridized carbons (Fsp3) is 0.889. The molecular weight excluding hydrogens is 225 g/mol. The number of rotatable bonds is 3. The van der Waals surface area contributed by atoms with Gasteiger partial charge in [0, 0.05) is 19.0 Å². The summed E-state index contributed by atoms with van der Waals surface area (Å²) in [5.41, 5.74) is 0. The molecule has 0 bridgehead atoms. The number of hydrogen-bond donors (Lipinski definition) is 2. The summed E-state index contributed by atoms with van der Waals surface area (Å²) in [5.74, 6) is -0.594. The Labute approximate surface area is 91.4 Å². The van der Waals surface area contributed by atoms with Crippen LogP contribution in [0.25, 0.3) is 0 Å². The normalized spacial score (nSPS) is 27.0. The summed E-state index contributed by atoms with van der Waals surface area (Å²) in [4.78, 5) is 12.7. The molecule has 1 aliphatic heterocycles. The fourth-order valence-electron chi connectivity index (χ4n) is 1.77. The van der Waals surface area contributed by atoms with Gasteiger partial charge in [-0.25, -0.2) is 0 Å². The van der Waals surface area contributed by atoms with Crippen LogP contribution in [0.15, 0.2) is 0 Å². The number of aliphatic hydroxyl groups excluding tert-OH is 1. The van der Waals surface area contributed by atoms with Crippen molar-refractivity contribution in [2.45, 2.75) is 31.1 Å². The molecule has 0 aliphatic carbocycles. The molecule has 1 saturated heterocycles. The van der Waals surface area contributed by atoms with E-state index in [2.05, 4.69) is 0 Å². The van der Waals surface area contributed by atoms with Gasteiger partial charge in [-0.2, -0.15) is 13.2 Å². The maximum absolute atomic E-state index is 12.5. The van der Waals surface area contributed by atoms with E-state index in [4.69, 9.17) is 5.11 Å². The van der Waals surface area contributed by atoms with Crippen LogP contribution < -0.4 is 5.32 Å². The van der Waals surface area contributed by atoms with Gasteiger partial charge in [0.1, 0.15) is 6.04 Å². The van der Waals surface area contributed by atoms with E-state index >= 15 is 0 Å². The van der Waals surface area contributed by atoms with E-state index in [1.807, 2.05) is 5.32 Å². The predicted molar refractivity (Wildman–Crippen MR) is 50.7 cm³/mol. The number of nitrogens with zero attached hydrogens (tertiary/aromatic N) is 1. The first-order valence-corrected chi connectivity index (χ1v) is 5.01. The molecule has 7 heteroatoms.